The second-order valence-corrected chi connectivity index (χ2v) is 1.97. The van der Waals surface area contributed by atoms with E-state index < -0.39 is 5.91 Å². The van der Waals surface area contributed by atoms with Gasteiger partial charge in [-0.25, -0.2) is 5.84 Å². The van der Waals surface area contributed by atoms with Crippen molar-refractivity contribution >= 4 is 5.91 Å². The number of primary amides is 1. The molecule has 0 aromatic carbocycles. The molecule has 4 nitrogen and oxygen atoms in total. The molecule has 4 heteroatoms. The maximum absolute atomic E-state index is 10.6. The maximum atomic E-state index is 10.6. The first-order valence-electron chi connectivity index (χ1n) is 3.08. The normalized spacial score (nSPS) is 11.3. The van der Waals surface area contributed by atoms with Crippen molar-refractivity contribution in [3.8, 4) is 0 Å². The van der Waals surface area contributed by atoms with Crippen molar-refractivity contribution in [2.24, 2.45) is 11.6 Å². The highest BCUT2D eigenvalue weighted by Gasteiger charge is 2.04. The number of rotatable bonds is 3. The third kappa shape index (κ3) is 2.50. The van der Waals surface area contributed by atoms with Crippen LogP contribution in [0.1, 0.15) is 13.3 Å². The van der Waals surface area contributed by atoms with E-state index in [-0.39, 0.29) is 0 Å². The van der Waals surface area contributed by atoms with E-state index in [4.69, 9.17) is 11.6 Å². The minimum absolute atomic E-state index is 0.350. The zero-order chi connectivity index (χ0) is 8.15. The molecule has 0 aromatic heterocycles. The van der Waals surface area contributed by atoms with E-state index in [0.29, 0.717) is 5.70 Å². The third-order valence-electron chi connectivity index (χ3n) is 1.03. The van der Waals surface area contributed by atoms with Gasteiger partial charge in [-0.2, -0.15) is 0 Å². The Hall–Kier alpha value is -1.03. The van der Waals surface area contributed by atoms with Crippen molar-refractivity contribution < 1.29 is 4.79 Å². The van der Waals surface area contributed by atoms with E-state index >= 15 is 0 Å². The second-order valence-electron chi connectivity index (χ2n) is 1.97. The largest absolute Gasteiger partial charge is 0.364 e. The fraction of sp³-hybridized carbons (Fsp3) is 0.500. The quantitative estimate of drug-likeness (QED) is 0.320. The van der Waals surface area contributed by atoms with E-state index in [2.05, 4.69) is 0 Å². The van der Waals surface area contributed by atoms with E-state index in [9.17, 15) is 4.79 Å². The molecule has 0 unspecified atom stereocenters. The smallest absolute Gasteiger partial charge is 0.266 e. The Morgan fingerprint density at radius 1 is 1.70 bits per heavy atom. The summed E-state index contributed by atoms with van der Waals surface area (Å²) >= 11 is 0. The Morgan fingerprint density at radius 3 is 2.30 bits per heavy atom. The van der Waals surface area contributed by atoms with E-state index in [1.165, 1.54) is 5.01 Å². The molecule has 0 atom stereocenters. The van der Waals surface area contributed by atoms with Crippen LogP contribution in [0.5, 0.6) is 0 Å². The Balaban J connectivity index is 4.27. The van der Waals surface area contributed by atoms with Crippen LogP contribution in [0.2, 0.25) is 0 Å². The summed E-state index contributed by atoms with van der Waals surface area (Å²) in [6.45, 7) is 1.91. The summed E-state index contributed by atoms with van der Waals surface area (Å²) in [7, 11) is 1.58. The lowest BCUT2D eigenvalue weighted by atomic mass is 10.3. The molecular weight excluding hydrogens is 130 g/mol. The van der Waals surface area contributed by atoms with Crippen molar-refractivity contribution in [2.75, 3.05) is 7.05 Å². The lowest BCUT2D eigenvalue weighted by Crippen LogP contribution is -2.33. The lowest BCUT2D eigenvalue weighted by Gasteiger charge is -2.12. The zero-order valence-electron chi connectivity index (χ0n) is 6.29. The molecule has 0 radical (unpaired) electrons. The van der Waals surface area contributed by atoms with Crippen LogP contribution < -0.4 is 11.6 Å². The number of likely N-dealkylation sites (N-methyl/N-ethyl adjacent to an activating group) is 1. The van der Waals surface area contributed by atoms with Crippen molar-refractivity contribution in [1.82, 2.24) is 5.01 Å². The number of nitrogens with zero attached hydrogens (tertiary/aromatic N) is 1. The summed E-state index contributed by atoms with van der Waals surface area (Å²) in [5, 5.41) is 1.21. The minimum Gasteiger partial charge on any atom is -0.364 e. The van der Waals surface area contributed by atoms with Crippen LogP contribution in [0.4, 0.5) is 0 Å². The van der Waals surface area contributed by atoms with Gasteiger partial charge in [-0.05, 0) is 6.42 Å². The Labute approximate surface area is 60.4 Å². The molecule has 4 N–H and O–H groups in total. The molecule has 0 aromatic rings. The van der Waals surface area contributed by atoms with Crippen LogP contribution in [-0.4, -0.2) is 18.0 Å². The van der Waals surface area contributed by atoms with Gasteiger partial charge in [0.1, 0.15) is 5.70 Å². The average molecular weight is 143 g/mol. The highest BCUT2D eigenvalue weighted by atomic mass is 16.1. The van der Waals surface area contributed by atoms with E-state index in [1.807, 2.05) is 6.92 Å². The molecule has 10 heavy (non-hydrogen) atoms. The number of carbonyl (C=O) groups is 1. The van der Waals surface area contributed by atoms with Gasteiger partial charge >= 0.3 is 0 Å². The predicted molar refractivity (Wildman–Crippen MR) is 39.5 cm³/mol. The second kappa shape index (κ2) is 3.90. The number of carbonyl (C=O) groups excluding carboxylic acids is 1. The average Bonchev–Trinajstić information content (AvgIpc) is 1.81. The van der Waals surface area contributed by atoms with Crippen molar-refractivity contribution in [3.05, 3.63) is 11.8 Å². The fourth-order valence-electron chi connectivity index (χ4n) is 0.612. The first-order valence-corrected chi connectivity index (χ1v) is 3.08. The zero-order valence-corrected chi connectivity index (χ0v) is 6.29. The van der Waals surface area contributed by atoms with Crippen LogP contribution in [0.25, 0.3) is 0 Å². The predicted octanol–water partition coefficient (Wildman–Crippen LogP) is -0.429. The Bertz CT molecular complexity index is 151. The number of amides is 1. The fourth-order valence-corrected chi connectivity index (χ4v) is 0.612. The molecule has 0 aliphatic carbocycles. The van der Waals surface area contributed by atoms with Gasteiger partial charge in [0, 0.05) is 7.05 Å². The van der Waals surface area contributed by atoms with Gasteiger partial charge in [-0.3, -0.25) is 4.79 Å². The monoisotopic (exact) mass is 143 g/mol. The van der Waals surface area contributed by atoms with Crippen LogP contribution in [0.15, 0.2) is 11.8 Å². The molecule has 58 valence electrons. The van der Waals surface area contributed by atoms with Gasteiger partial charge in [0.2, 0.25) is 0 Å². The summed E-state index contributed by atoms with van der Waals surface area (Å²) < 4.78 is 0. The van der Waals surface area contributed by atoms with Gasteiger partial charge in [0.25, 0.3) is 5.91 Å². The van der Waals surface area contributed by atoms with Gasteiger partial charge in [-0.1, -0.05) is 13.0 Å². The number of allylic oxidation sites excluding steroid dienone is 1. The number of hydrazine groups is 1. The number of hydrogen-bond acceptors (Lipinski definition) is 3. The summed E-state index contributed by atoms with van der Waals surface area (Å²) in [5.41, 5.74) is 5.34. The topological polar surface area (TPSA) is 72.4 Å². The van der Waals surface area contributed by atoms with Gasteiger partial charge in [-0.15, -0.1) is 0 Å². The van der Waals surface area contributed by atoms with E-state index in [0.717, 1.165) is 6.42 Å². The maximum Gasteiger partial charge on any atom is 0.266 e. The van der Waals surface area contributed by atoms with Crippen LogP contribution >= 0.6 is 0 Å². The molecule has 0 spiro atoms. The van der Waals surface area contributed by atoms with Gasteiger partial charge in [0.05, 0.1) is 0 Å². The van der Waals surface area contributed by atoms with Crippen LogP contribution in [-0.2, 0) is 4.79 Å². The molecule has 0 aliphatic rings. The summed E-state index contributed by atoms with van der Waals surface area (Å²) in [4.78, 5) is 10.6. The lowest BCUT2D eigenvalue weighted by molar-refractivity contribution is -0.115. The minimum atomic E-state index is -0.494. The van der Waals surface area contributed by atoms with Crippen molar-refractivity contribution in [2.45, 2.75) is 13.3 Å². The summed E-state index contributed by atoms with van der Waals surface area (Å²) in [5.74, 6) is 4.79. The van der Waals surface area contributed by atoms with Crippen molar-refractivity contribution in [3.63, 3.8) is 0 Å². The first-order chi connectivity index (χ1) is 4.59. The number of hydrogen-bond donors (Lipinski definition) is 2. The highest BCUT2D eigenvalue weighted by Crippen LogP contribution is 1.95. The molecule has 0 rings (SSSR count). The molecule has 1 amide bonds. The van der Waals surface area contributed by atoms with Gasteiger partial charge < -0.3 is 10.7 Å². The Morgan fingerprint density at radius 2 is 2.20 bits per heavy atom. The summed E-state index contributed by atoms with van der Waals surface area (Å²) in [6, 6.07) is 0. The van der Waals surface area contributed by atoms with E-state index in [1.54, 1.807) is 13.1 Å². The first kappa shape index (κ1) is 8.97. The summed E-state index contributed by atoms with van der Waals surface area (Å²) in [6.07, 6.45) is 2.43. The molecular formula is C6H13N3O. The SMILES string of the molecule is CC/C=C(/C(N)=O)N(C)N. The van der Waals surface area contributed by atoms with Crippen molar-refractivity contribution in [1.29, 1.82) is 0 Å². The number of nitrogens with two attached hydrogens (primary N) is 2. The standard InChI is InChI=1S/C6H13N3O/c1-3-4-5(6(7)10)9(2)8/h4H,3,8H2,1-2H3,(H2,7,10)/b5-4-. The molecule has 0 saturated carbocycles. The third-order valence-corrected chi connectivity index (χ3v) is 1.03. The molecule has 0 aliphatic heterocycles. The van der Waals surface area contributed by atoms with Crippen LogP contribution in [0, 0.1) is 0 Å². The highest BCUT2D eigenvalue weighted by molar-refractivity contribution is 5.91. The van der Waals surface area contributed by atoms with Gasteiger partial charge in [0.15, 0.2) is 0 Å². The Kier molecular flexibility index (Phi) is 3.49. The molecule has 0 fully saturated rings. The molecule has 0 bridgehead atoms. The molecule has 0 heterocycles. The molecule has 0 saturated heterocycles. The van der Waals surface area contributed by atoms with Crippen LogP contribution in [0.3, 0.4) is 0 Å².